The zero-order chi connectivity index (χ0) is 17.2. The van der Waals surface area contributed by atoms with Crippen LogP contribution in [0.25, 0.3) is 0 Å². The van der Waals surface area contributed by atoms with Crippen LogP contribution in [0.15, 0.2) is 24.5 Å². The number of carbonyl (C=O) groups is 1. The van der Waals surface area contributed by atoms with Gasteiger partial charge in [-0.05, 0) is 31.0 Å². The van der Waals surface area contributed by atoms with E-state index in [9.17, 15) is 10.1 Å². The molecule has 0 saturated carbocycles. The van der Waals surface area contributed by atoms with Crippen molar-refractivity contribution in [2.45, 2.75) is 39.0 Å². The molecule has 2 N–H and O–H groups in total. The fraction of sp³-hybridized carbons (Fsp3) is 0.353. The van der Waals surface area contributed by atoms with Crippen molar-refractivity contribution in [3.8, 4) is 6.07 Å². The molecule has 0 atom stereocenters. The fourth-order valence-corrected chi connectivity index (χ4v) is 3.67. The Balaban J connectivity index is 1.70. The highest BCUT2D eigenvalue weighted by Gasteiger charge is 2.31. The zero-order valence-corrected chi connectivity index (χ0v) is 14.4. The Morgan fingerprint density at radius 2 is 2.38 bits per heavy atom. The number of rotatable bonds is 3. The van der Waals surface area contributed by atoms with Crippen LogP contribution in [0.1, 0.15) is 35.4 Å². The van der Waals surface area contributed by atoms with Gasteiger partial charge in [0.05, 0.1) is 17.8 Å². The topological polar surface area (TPSA) is 87.0 Å². The standard InChI is InChI=1S/C17H18N4O2S/c1-17(2)6-12-13(7-18)15(24-14(12)10-23-17)21-16(22)20-9-11-4-3-5-19-8-11/h3-5,8H,6,9-10H2,1-2H3,(H2,20,21,22). The van der Waals surface area contributed by atoms with E-state index in [1.807, 2.05) is 26.0 Å². The summed E-state index contributed by atoms with van der Waals surface area (Å²) in [4.78, 5) is 17.1. The molecule has 2 amide bonds. The summed E-state index contributed by atoms with van der Waals surface area (Å²) in [5.74, 6) is 0. The molecule has 0 unspecified atom stereocenters. The van der Waals surface area contributed by atoms with Crippen LogP contribution >= 0.6 is 11.3 Å². The van der Waals surface area contributed by atoms with E-state index in [1.165, 1.54) is 11.3 Å². The average molecular weight is 342 g/mol. The third-order valence-corrected chi connectivity index (χ3v) is 4.92. The molecule has 6 nitrogen and oxygen atoms in total. The minimum Gasteiger partial charge on any atom is -0.370 e. The van der Waals surface area contributed by atoms with Gasteiger partial charge >= 0.3 is 6.03 Å². The van der Waals surface area contributed by atoms with Gasteiger partial charge in [-0.1, -0.05) is 6.07 Å². The van der Waals surface area contributed by atoms with Gasteiger partial charge in [0.2, 0.25) is 0 Å². The number of nitriles is 1. The van der Waals surface area contributed by atoms with Crippen LogP contribution in [0.5, 0.6) is 0 Å². The van der Waals surface area contributed by atoms with Gasteiger partial charge in [-0.15, -0.1) is 11.3 Å². The second-order valence-electron chi connectivity index (χ2n) is 6.21. The number of nitrogens with one attached hydrogen (secondary N) is 2. The van der Waals surface area contributed by atoms with E-state index in [0.717, 1.165) is 16.0 Å². The lowest BCUT2D eigenvalue weighted by Crippen LogP contribution is -2.31. The Morgan fingerprint density at radius 1 is 1.54 bits per heavy atom. The number of pyridine rings is 1. The molecule has 0 saturated heterocycles. The Morgan fingerprint density at radius 3 is 3.08 bits per heavy atom. The summed E-state index contributed by atoms with van der Waals surface area (Å²) in [6.07, 6.45) is 4.05. The normalized spacial score (nSPS) is 15.2. The van der Waals surface area contributed by atoms with Crippen molar-refractivity contribution < 1.29 is 9.53 Å². The molecule has 7 heteroatoms. The van der Waals surface area contributed by atoms with E-state index >= 15 is 0 Å². The Kier molecular flexibility index (Phi) is 4.51. The van der Waals surface area contributed by atoms with E-state index in [0.29, 0.717) is 30.1 Å². The highest BCUT2D eigenvalue weighted by molar-refractivity contribution is 7.16. The number of ether oxygens (including phenoxy) is 1. The molecular weight excluding hydrogens is 324 g/mol. The lowest BCUT2D eigenvalue weighted by atomic mass is 9.93. The zero-order valence-electron chi connectivity index (χ0n) is 13.5. The monoisotopic (exact) mass is 342 g/mol. The second kappa shape index (κ2) is 6.59. The minimum absolute atomic E-state index is 0.292. The first-order valence-corrected chi connectivity index (χ1v) is 8.42. The molecular formula is C17H18N4O2S. The highest BCUT2D eigenvalue weighted by Crippen LogP contribution is 2.39. The van der Waals surface area contributed by atoms with Gasteiger partial charge < -0.3 is 10.1 Å². The molecule has 3 heterocycles. The summed E-state index contributed by atoms with van der Waals surface area (Å²) >= 11 is 1.41. The first kappa shape index (κ1) is 16.4. The summed E-state index contributed by atoms with van der Waals surface area (Å²) in [6, 6.07) is 5.59. The quantitative estimate of drug-likeness (QED) is 0.897. The van der Waals surface area contributed by atoms with Crippen LogP contribution in [-0.4, -0.2) is 16.6 Å². The lowest BCUT2D eigenvalue weighted by molar-refractivity contribution is -0.0383. The van der Waals surface area contributed by atoms with E-state index < -0.39 is 0 Å². The van der Waals surface area contributed by atoms with Crippen molar-refractivity contribution in [1.29, 1.82) is 5.26 Å². The van der Waals surface area contributed by atoms with Crippen molar-refractivity contribution in [3.63, 3.8) is 0 Å². The van der Waals surface area contributed by atoms with E-state index in [2.05, 4.69) is 21.7 Å². The van der Waals surface area contributed by atoms with Crippen LogP contribution in [0.2, 0.25) is 0 Å². The number of amides is 2. The first-order chi connectivity index (χ1) is 11.5. The van der Waals surface area contributed by atoms with Gasteiger partial charge in [0.1, 0.15) is 11.1 Å². The van der Waals surface area contributed by atoms with Crippen molar-refractivity contribution >= 4 is 22.4 Å². The molecule has 1 aliphatic heterocycles. The Labute approximate surface area is 144 Å². The molecule has 0 radical (unpaired) electrons. The molecule has 0 aliphatic carbocycles. The molecule has 3 rings (SSSR count). The van der Waals surface area contributed by atoms with Crippen LogP contribution in [0.4, 0.5) is 9.80 Å². The SMILES string of the molecule is CC1(C)Cc2c(sc(NC(=O)NCc3cccnc3)c2C#N)CO1. The maximum absolute atomic E-state index is 12.1. The van der Waals surface area contributed by atoms with Crippen molar-refractivity contribution in [1.82, 2.24) is 10.3 Å². The molecule has 1 aliphatic rings. The van der Waals surface area contributed by atoms with E-state index in [1.54, 1.807) is 12.4 Å². The van der Waals surface area contributed by atoms with E-state index in [-0.39, 0.29) is 11.6 Å². The van der Waals surface area contributed by atoms with Gasteiger partial charge in [0.25, 0.3) is 0 Å². The predicted octanol–water partition coefficient (Wildman–Crippen LogP) is 3.19. The van der Waals surface area contributed by atoms with Crippen molar-refractivity contribution in [3.05, 3.63) is 46.1 Å². The summed E-state index contributed by atoms with van der Waals surface area (Å²) in [7, 11) is 0. The number of hydrogen-bond acceptors (Lipinski definition) is 5. The number of anilines is 1. The van der Waals surface area contributed by atoms with Crippen LogP contribution in [-0.2, 0) is 24.3 Å². The van der Waals surface area contributed by atoms with Crippen molar-refractivity contribution in [2.75, 3.05) is 5.32 Å². The maximum atomic E-state index is 12.1. The summed E-state index contributed by atoms with van der Waals surface area (Å²) in [5, 5.41) is 15.6. The number of carbonyl (C=O) groups excluding carboxylic acids is 1. The molecule has 2 aromatic heterocycles. The largest absolute Gasteiger partial charge is 0.370 e. The number of thiophene rings is 1. The second-order valence-corrected chi connectivity index (χ2v) is 7.32. The maximum Gasteiger partial charge on any atom is 0.320 e. The minimum atomic E-state index is -0.339. The van der Waals surface area contributed by atoms with Crippen LogP contribution < -0.4 is 10.6 Å². The number of nitrogens with zero attached hydrogens (tertiary/aromatic N) is 2. The number of hydrogen-bond donors (Lipinski definition) is 2. The Bertz CT molecular complexity index is 793. The lowest BCUT2D eigenvalue weighted by Gasteiger charge is -2.29. The fourth-order valence-electron chi connectivity index (χ4n) is 2.59. The van der Waals surface area contributed by atoms with Gasteiger partial charge in [-0.2, -0.15) is 5.26 Å². The molecule has 0 aromatic carbocycles. The number of fused-ring (bicyclic) bond motifs is 1. The van der Waals surface area contributed by atoms with Crippen LogP contribution in [0.3, 0.4) is 0 Å². The van der Waals surface area contributed by atoms with E-state index in [4.69, 9.17) is 4.74 Å². The number of urea groups is 1. The van der Waals surface area contributed by atoms with Crippen LogP contribution in [0, 0.1) is 11.3 Å². The number of aromatic nitrogens is 1. The summed E-state index contributed by atoms with van der Waals surface area (Å²) < 4.78 is 5.78. The van der Waals surface area contributed by atoms with Gasteiger partial charge in [-0.3, -0.25) is 10.3 Å². The predicted molar refractivity (Wildman–Crippen MR) is 91.7 cm³/mol. The van der Waals surface area contributed by atoms with Gasteiger partial charge in [0.15, 0.2) is 0 Å². The van der Waals surface area contributed by atoms with Gasteiger partial charge in [0, 0.05) is 30.2 Å². The molecule has 0 spiro atoms. The summed E-state index contributed by atoms with van der Waals surface area (Å²) in [5.41, 5.74) is 2.15. The molecule has 0 bridgehead atoms. The molecule has 124 valence electrons. The Hall–Kier alpha value is -2.43. The molecule has 24 heavy (non-hydrogen) atoms. The average Bonchev–Trinajstić information content (AvgIpc) is 2.89. The third-order valence-electron chi connectivity index (χ3n) is 3.80. The van der Waals surface area contributed by atoms with Crippen molar-refractivity contribution in [2.24, 2.45) is 0 Å². The summed E-state index contributed by atoms with van der Waals surface area (Å²) in [6.45, 7) is 4.86. The smallest absolute Gasteiger partial charge is 0.320 e. The highest BCUT2D eigenvalue weighted by atomic mass is 32.1. The molecule has 2 aromatic rings. The van der Waals surface area contributed by atoms with Gasteiger partial charge in [-0.25, -0.2) is 4.79 Å². The molecule has 0 fully saturated rings. The third kappa shape index (κ3) is 3.55. The first-order valence-electron chi connectivity index (χ1n) is 7.61.